The smallest absolute Gasteiger partial charge is 0.334 e. The summed E-state index contributed by atoms with van der Waals surface area (Å²) in [6, 6.07) is 15.2. The summed E-state index contributed by atoms with van der Waals surface area (Å²) in [6.07, 6.45) is 4.79. The third kappa shape index (κ3) is 3.23. The number of nitrogens with one attached hydrogen (secondary N) is 1. The Morgan fingerprint density at radius 2 is 1.80 bits per heavy atom. The molecule has 4 nitrogen and oxygen atoms in total. The maximum Gasteiger partial charge on any atom is 0.336 e. The lowest BCUT2D eigenvalue weighted by atomic mass is 9.86. The second-order valence-electron chi connectivity index (χ2n) is 7.60. The van der Waals surface area contributed by atoms with Gasteiger partial charge >= 0.3 is 6.03 Å². The van der Waals surface area contributed by atoms with Gasteiger partial charge in [0.05, 0.1) is 5.69 Å². The summed E-state index contributed by atoms with van der Waals surface area (Å²) >= 11 is 0. The fraction of sp³-hybridized carbons (Fsp3) is 0.476. The number of urea groups is 1. The van der Waals surface area contributed by atoms with Crippen LogP contribution in [0.1, 0.15) is 39.5 Å². The molecule has 0 radical (unpaired) electrons. The Balaban J connectivity index is 1.65. The van der Waals surface area contributed by atoms with Crippen LogP contribution in [0.3, 0.4) is 0 Å². The van der Waals surface area contributed by atoms with Gasteiger partial charge in [0.2, 0.25) is 0 Å². The molecular formula is C21H27N3O. The first-order chi connectivity index (χ1) is 12.1. The van der Waals surface area contributed by atoms with Crippen molar-refractivity contribution in [3.63, 3.8) is 0 Å². The number of fused-ring (bicyclic) bond motifs is 1. The Labute approximate surface area is 149 Å². The molecule has 0 bridgehead atoms. The van der Waals surface area contributed by atoms with E-state index in [1.807, 2.05) is 23.2 Å². The minimum Gasteiger partial charge on any atom is -0.334 e. The number of hydrazine groups is 1. The molecule has 1 heterocycles. The number of hydrogen-bond donors (Lipinski definition) is 1. The van der Waals surface area contributed by atoms with Crippen LogP contribution >= 0.6 is 0 Å². The van der Waals surface area contributed by atoms with Gasteiger partial charge in [-0.25, -0.2) is 14.8 Å². The normalized spacial score (nSPS) is 28.6. The van der Waals surface area contributed by atoms with Crippen LogP contribution in [0.4, 0.5) is 10.5 Å². The van der Waals surface area contributed by atoms with Gasteiger partial charge in [0.25, 0.3) is 0 Å². The van der Waals surface area contributed by atoms with Crippen LogP contribution in [0.15, 0.2) is 42.5 Å². The van der Waals surface area contributed by atoms with Crippen molar-refractivity contribution in [2.45, 2.75) is 51.6 Å². The molecule has 1 aliphatic carbocycles. The second kappa shape index (κ2) is 6.68. The highest BCUT2D eigenvalue weighted by molar-refractivity contribution is 6.02. The summed E-state index contributed by atoms with van der Waals surface area (Å²) in [6.45, 7) is 5.35. The second-order valence-corrected chi connectivity index (χ2v) is 7.60. The van der Waals surface area contributed by atoms with E-state index >= 15 is 0 Å². The van der Waals surface area contributed by atoms with Crippen LogP contribution in [0.25, 0.3) is 10.8 Å². The first-order valence-electron chi connectivity index (χ1n) is 9.50. The Kier molecular flexibility index (Phi) is 4.38. The number of amides is 2. The van der Waals surface area contributed by atoms with Crippen LogP contribution in [-0.4, -0.2) is 29.7 Å². The van der Waals surface area contributed by atoms with E-state index in [1.165, 1.54) is 24.6 Å². The summed E-state index contributed by atoms with van der Waals surface area (Å²) in [5, 5.41) is 9.62. The van der Waals surface area contributed by atoms with Crippen molar-refractivity contribution in [3.05, 3.63) is 42.5 Å². The fourth-order valence-electron chi connectivity index (χ4n) is 4.01. The molecule has 1 aliphatic heterocycles. The maximum absolute atomic E-state index is 13.2. The minimum atomic E-state index is 0.0134. The van der Waals surface area contributed by atoms with Gasteiger partial charge < -0.3 is 5.32 Å². The molecule has 2 aliphatic rings. The molecule has 4 atom stereocenters. The number of hydrogen-bond acceptors (Lipinski definition) is 2. The van der Waals surface area contributed by atoms with Crippen molar-refractivity contribution in [2.75, 3.05) is 11.6 Å². The minimum absolute atomic E-state index is 0.0134. The van der Waals surface area contributed by atoms with E-state index in [1.54, 1.807) is 0 Å². The molecule has 4 rings (SSSR count). The molecule has 132 valence electrons. The van der Waals surface area contributed by atoms with E-state index in [-0.39, 0.29) is 12.1 Å². The van der Waals surface area contributed by atoms with Gasteiger partial charge in [-0.1, -0.05) is 56.2 Å². The summed E-state index contributed by atoms with van der Waals surface area (Å²) in [5.74, 6) is 0.554. The summed E-state index contributed by atoms with van der Waals surface area (Å²) < 4.78 is 0. The van der Waals surface area contributed by atoms with Gasteiger partial charge in [-0.15, -0.1) is 0 Å². The maximum atomic E-state index is 13.2. The van der Waals surface area contributed by atoms with Crippen LogP contribution in [0, 0.1) is 5.92 Å². The number of nitrogens with zero attached hydrogens (tertiary/aromatic N) is 2. The van der Waals surface area contributed by atoms with Crippen molar-refractivity contribution < 1.29 is 4.79 Å². The van der Waals surface area contributed by atoms with Crippen molar-refractivity contribution in [3.8, 4) is 0 Å². The molecule has 1 saturated heterocycles. The lowest BCUT2D eigenvalue weighted by Crippen LogP contribution is -2.50. The predicted octanol–water partition coefficient (Wildman–Crippen LogP) is 4.55. The largest absolute Gasteiger partial charge is 0.336 e. The molecule has 4 heteroatoms. The van der Waals surface area contributed by atoms with E-state index in [9.17, 15) is 4.79 Å². The van der Waals surface area contributed by atoms with E-state index in [0.717, 1.165) is 24.0 Å². The summed E-state index contributed by atoms with van der Waals surface area (Å²) in [4.78, 5) is 13.2. The Hall–Kier alpha value is -2.07. The highest BCUT2D eigenvalue weighted by Gasteiger charge is 2.40. The molecule has 2 aromatic rings. The molecule has 25 heavy (non-hydrogen) atoms. The lowest BCUT2D eigenvalue weighted by Gasteiger charge is -2.33. The first kappa shape index (κ1) is 16.4. The molecule has 4 unspecified atom stereocenters. The van der Waals surface area contributed by atoms with Crippen molar-refractivity contribution in [1.82, 2.24) is 10.3 Å². The SMILES string of the molecule is CC1CCCCC1NC(=O)N(c1cccc2ccccc12)N1CC1C. The molecule has 1 N–H and O–H groups in total. The number of benzene rings is 2. The standard InChI is InChI=1S/C21H27N3O/c1-15-8-3-6-12-19(15)22-21(25)24(23-14-16(23)2)20-13-7-10-17-9-4-5-11-18(17)20/h4-5,7,9-11,13,15-16,19H,3,6,8,12,14H2,1-2H3,(H,22,25). The zero-order valence-electron chi connectivity index (χ0n) is 15.1. The zero-order chi connectivity index (χ0) is 17.4. The average molecular weight is 337 g/mol. The molecule has 0 spiro atoms. The zero-order valence-corrected chi connectivity index (χ0v) is 15.1. The summed E-state index contributed by atoms with van der Waals surface area (Å²) in [7, 11) is 0. The third-order valence-electron chi connectivity index (χ3n) is 5.69. The van der Waals surface area contributed by atoms with Crippen molar-refractivity contribution in [1.29, 1.82) is 0 Å². The van der Waals surface area contributed by atoms with Crippen LogP contribution in [0.2, 0.25) is 0 Å². The number of anilines is 1. The van der Waals surface area contributed by atoms with Gasteiger partial charge in [0, 0.05) is 24.0 Å². The molecule has 2 aromatic carbocycles. The third-order valence-corrected chi connectivity index (χ3v) is 5.69. The van der Waals surface area contributed by atoms with E-state index in [2.05, 4.69) is 48.4 Å². The summed E-state index contributed by atoms with van der Waals surface area (Å²) in [5.41, 5.74) is 0.975. The van der Waals surface area contributed by atoms with Crippen molar-refractivity contribution in [2.24, 2.45) is 5.92 Å². The van der Waals surface area contributed by atoms with E-state index in [0.29, 0.717) is 12.0 Å². The van der Waals surface area contributed by atoms with Gasteiger partial charge in [-0.05, 0) is 37.1 Å². The Morgan fingerprint density at radius 1 is 1.08 bits per heavy atom. The molecule has 1 saturated carbocycles. The Morgan fingerprint density at radius 3 is 2.56 bits per heavy atom. The van der Waals surface area contributed by atoms with E-state index in [4.69, 9.17) is 0 Å². The van der Waals surface area contributed by atoms with Gasteiger partial charge in [0.1, 0.15) is 0 Å². The quantitative estimate of drug-likeness (QED) is 0.834. The first-order valence-corrected chi connectivity index (χ1v) is 9.50. The fourth-order valence-corrected chi connectivity index (χ4v) is 4.01. The van der Waals surface area contributed by atoms with Crippen LogP contribution < -0.4 is 10.3 Å². The monoisotopic (exact) mass is 337 g/mol. The lowest BCUT2D eigenvalue weighted by molar-refractivity contribution is 0.219. The molecule has 2 fully saturated rings. The van der Waals surface area contributed by atoms with Crippen LogP contribution in [0.5, 0.6) is 0 Å². The number of carbonyl (C=O) groups is 1. The predicted molar refractivity (Wildman–Crippen MR) is 103 cm³/mol. The Bertz CT molecular complexity index is 769. The highest BCUT2D eigenvalue weighted by atomic mass is 16.2. The van der Waals surface area contributed by atoms with Gasteiger partial charge in [-0.3, -0.25) is 0 Å². The van der Waals surface area contributed by atoms with E-state index < -0.39 is 0 Å². The number of carbonyl (C=O) groups excluding carboxylic acids is 1. The topological polar surface area (TPSA) is 35.4 Å². The highest BCUT2D eigenvalue weighted by Crippen LogP contribution is 2.33. The molecular weight excluding hydrogens is 310 g/mol. The molecule has 2 amide bonds. The molecule has 0 aromatic heterocycles. The number of rotatable bonds is 3. The van der Waals surface area contributed by atoms with Crippen LogP contribution in [-0.2, 0) is 0 Å². The average Bonchev–Trinajstić information content (AvgIpc) is 3.33. The van der Waals surface area contributed by atoms with Gasteiger partial charge in [0.15, 0.2) is 0 Å². The van der Waals surface area contributed by atoms with Gasteiger partial charge in [-0.2, -0.15) is 0 Å². The van der Waals surface area contributed by atoms with Crippen molar-refractivity contribution >= 4 is 22.5 Å².